The molecule has 164 valence electrons. The van der Waals surface area contributed by atoms with Gasteiger partial charge in [-0.05, 0) is 73.2 Å². The minimum atomic E-state index is -4.23. The first-order valence-electron chi connectivity index (χ1n) is 10.4. The van der Waals surface area contributed by atoms with Crippen molar-refractivity contribution in [1.29, 1.82) is 0 Å². The summed E-state index contributed by atoms with van der Waals surface area (Å²) >= 11 is 0. The Morgan fingerprint density at radius 1 is 1.06 bits per heavy atom. The van der Waals surface area contributed by atoms with Crippen LogP contribution in [0.25, 0.3) is 11.3 Å². The van der Waals surface area contributed by atoms with Crippen LogP contribution in [-0.2, 0) is 34.1 Å². The molecule has 0 spiro atoms. The Bertz CT molecular complexity index is 1340. The molecule has 1 aliphatic carbocycles. The maximum Gasteiger partial charge on any atom is 0.241 e. The number of sulfonamides is 1. The number of benzene rings is 2. The normalized spacial score (nSPS) is 19.7. The Morgan fingerprint density at radius 2 is 1.84 bits per heavy atom. The zero-order chi connectivity index (χ0) is 22.6. The number of nitrogens with two attached hydrogens (primary N) is 1. The second-order valence-corrected chi connectivity index (χ2v) is 10.1. The largest absolute Gasteiger partial charge is 0.309 e. The predicted molar refractivity (Wildman–Crippen MR) is 119 cm³/mol. The van der Waals surface area contributed by atoms with E-state index in [1.165, 1.54) is 12.1 Å². The average molecular weight is 452 g/mol. The summed E-state index contributed by atoms with van der Waals surface area (Å²) in [5.41, 5.74) is 5.17. The zero-order valence-corrected chi connectivity index (χ0v) is 18.3. The van der Waals surface area contributed by atoms with Crippen LogP contribution in [0.15, 0.2) is 59.6 Å². The summed E-state index contributed by atoms with van der Waals surface area (Å²) in [6.45, 7) is 1.88. The molecule has 0 saturated heterocycles. The first-order chi connectivity index (χ1) is 15.2. The fraction of sp³-hybridized carbons (Fsp3) is 0.250. The zero-order valence-electron chi connectivity index (χ0n) is 17.5. The lowest BCUT2D eigenvalue weighted by molar-refractivity contribution is -0.122. The standard InChI is InChI=1S/C24H22FN3O3S/c1-14-8-18-12-20(25)23(32(26,30)31)13-22(18)28(14)24(29)19-9-15-5-6-16(10-17(15)11-19)21-4-2-3-7-27-21/h2-7,10,12-14,19H,8-9,11H2,1H3,(H2,26,30,31)/t14-,19-/m1/s1. The van der Waals surface area contributed by atoms with Gasteiger partial charge in [-0.2, -0.15) is 0 Å². The van der Waals surface area contributed by atoms with E-state index in [0.717, 1.165) is 22.4 Å². The maximum absolute atomic E-state index is 14.3. The number of amides is 1. The van der Waals surface area contributed by atoms with Crippen molar-refractivity contribution in [3.05, 3.63) is 77.2 Å². The second-order valence-electron chi connectivity index (χ2n) is 8.52. The van der Waals surface area contributed by atoms with E-state index < -0.39 is 20.7 Å². The third-order valence-corrected chi connectivity index (χ3v) is 7.27. The number of fused-ring (bicyclic) bond motifs is 2. The minimum absolute atomic E-state index is 0.0844. The molecule has 2 aromatic carbocycles. The van der Waals surface area contributed by atoms with Gasteiger partial charge >= 0.3 is 0 Å². The second kappa shape index (κ2) is 7.50. The third kappa shape index (κ3) is 3.49. The molecule has 6 nitrogen and oxygen atoms in total. The Labute approximate surface area is 185 Å². The maximum atomic E-state index is 14.3. The number of nitrogens with zero attached hydrogens (tertiary/aromatic N) is 2. The van der Waals surface area contributed by atoms with Gasteiger partial charge in [0, 0.05) is 29.4 Å². The molecular weight excluding hydrogens is 429 g/mol. The number of pyridine rings is 1. The van der Waals surface area contributed by atoms with Crippen molar-refractivity contribution in [2.45, 2.75) is 37.1 Å². The molecule has 0 bridgehead atoms. The first kappa shape index (κ1) is 20.8. The molecule has 1 aromatic heterocycles. The quantitative estimate of drug-likeness (QED) is 0.662. The molecule has 0 unspecified atom stereocenters. The highest BCUT2D eigenvalue weighted by atomic mass is 32.2. The van der Waals surface area contributed by atoms with E-state index >= 15 is 0 Å². The Hall–Kier alpha value is -3.10. The van der Waals surface area contributed by atoms with Crippen LogP contribution in [0.3, 0.4) is 0 Å². The van der Waals surface area contributed by atoms with Crippen molar-refractivity contribution in [3.63, 3.8) is 0 Å². The fourth-order valence-electron chi connectivity index (χ4n) is 4.85. The number of primary sulfonamides is 1. The topological polar surface area (TPSA) is 93.4 Å². The number of halogens is 1. The van der Waals surface area contributed by atoms with E-state index in [4.69, 9.17) is 5.14 Å². The van der Waals surface area contributed by atoms with E-state index in [-0.39, 0.29) is 17.9 Å². The molecular formula is C24H22FN3O3S. The van der Waals surface area contributed by atoms with E-state index in [2.05, 4.69) is 11.1 Å². The summed E-state index contributed by atoms with van der Waals surface area (Å²) in [6, 6.07) is 14.1. The molecule has 2 heterocycles. The molecule has 2 N–H and O–H groups in total. The number of rotatable bonds is 3. The summed E-state index contributed by atoms with van der Waals surface area (Å²) in [5, 5.41) is 5.17. The average Bonchev–Trinajstić information content (AvgIpc) is 3.32. The van der Waals surface area contributed by atoms with Crippen molar-refractivity contribution in [2.75, 3.05) is 4.90 Å². The van der Waals surface area contributed by atoms with Gasteiger partial charge in [-0.3, -0.25) is 9.78 Å². The van der Waals surface area contributed by atoms with E-state index in [9.17, 15) is 17.6 Å². The highest BCUT2D eigenvalue weighted by molar-refractivity contribution is 7.89. The highest BCUT2D eigenvalue weighted by Crippen LogP contribution is 2.39. The molecule has 0 radical (unpaired) electrons. The van der Waals surface area contributed by atoms with Crippen molar-refractivity contribution >= 4 is 21.6 Å². The van der Waals surface area contributed by atoms with Crippen LogP contribution in [0.5, 0.6) is 0 Å². The molecule has 0 fully saturated rings. The summed E-state index contributed by atoms with van der Waals surface area (Å²) in [4.78, 5) is 19.0. The van der Waals surface area contributed by atoms with Gasteiger partial charge < -0.3 is 4.90 Å². The number of anilines is 1. The number of hydrogen-bond donors (Lipinski definition) is 1. The lowest BCUT2D eigenvalue weighted by Crippen LogP contribution is -2.40. The van der Waals surface area contributed by atoms with Gasteiger partial charge in [-0.25, -0.2) is 17.9 Å². The monoisotopic (exact) mass is 451 g/mol. The third-order valence-electron chi connectivity index (χ3n) is 6.34. The van der Waals surface area contributed by atoms with Crippen LogP contribution in [-0.4, -0.2) is 25.4 Å². The molecule has 1 amide bonds. The molecule has 1 aliphatic heterocycles. The number of hydrogen-bond acceptors (Lipinski definition) is 4. The number of aromatic nitrogens is 1. The predicted octanol–water partition coefficient (Wildman–Crippen LogP) is 3.23. The lowest BCUT2D eigenvalue weighted by Gasteiger charge is -2.26. The van der Waals surface area contributed by atoms with Gasteiger partial charge in [-0.1, -0.05) is 18.2 Å². The van der Waals surface area contributed by atoms with Gasteiger partial charge in [0.15, 0.2) is 0 Å². The van der Waals surface area contributed by atoms with Gasteiger partial charge in [0.2, 0.25) is 15.9 Å². The van der Waals surface area contributed by atoms with Gasteiger partial charge in [0.1, 0.15) is 10.7 Å². The molecule has 5 rings (SSSR count). The van der Waals surface area contributed by atoms with Gasteiger partial charge in [0.25, 0.3) is 0 Å². The van der Waals surface area contributed by atoms with Crippen LogP contribution in [0.4, 0.5) is 10.1 Å². The first-order valence-corrected chi connectivity index (χ1v) is 12.0. The molecule has 0 saturated carbocycles. The van der Waals surface area contributed by atoms with Crippen LogP contribution in [0, 0.1) is 11.7 Å². The van der Waals surface area contributed by atoms with E-state index in [0.29, 0.717) is 30.5 Å². The van der Waals surface area contributed by atoms with Crippen molar-refractivity contribution in [2.24, 2.45) is 11.1 Å². The van der Waals surface area contributed by atoms with E-state index in [1.807, 2.05) is 37.3 Å². The molecule has 2 atom stereocenters. The lowest BCUT2D eigenvalue weighted by atomic mass is 10.0. The summed E-state index contributed by atoms with van der Waals surface area (Å²) in [5.74, 6) is -1.23. The molecule has 8 heteroatoms. The van der Waals surface area contributed by atoms with Gasteiger partial charge in [0.05, 0.1) is 5.69 Å². The summed E-state index contributed by atoms with van der Waals surface area (Å²) in [6.07, 6.45) is 3.42. The van der Waals surface area contributed by atoms with Crippen LogP contribution >= 0.6 is 0 Å². The van der Waals surface area contributed by atoms with Crippen molar-refractivity contribution < 1.29 is 17.6 Å². The van der Waals surface area contributed by atoms with Gasteiger partial charge in [-0.15, -0.1) is 0 Å². The molecule has 2 aliphatic rings. The van der Waals surface area contributed by atoms with Crippen molar-refractivity contribution in [1.82, 2.24) is 4.98 Å². The smallest absolute Gasteiger partial charge is 0.241 e. The summed E-state index contributed by atoms with van der Waals surface area (Å²) in [7, 11) is -4.23. The minimum Gasteiger partial charge on any atom is -0.309 e. The SMILES string of the molecule is C[C@@H]1Cc2cc(F)c(S(N)(=O)=O)cc2N1C(=O)[C@@H]1Cc2ccc(-c3ccccn3)cc2C1. The number of carbonyl (C=O) groups is 1. The fourth-order valence-corrected chi connectivity index (χ4v) is 5.46. The highest BCUT2D eigenvalue weighted by Gasteiger charge is 2.38. The van der Waals surface area contributed by atoms with E-state index in [1.54, 1.807) is 11.1 Å². The molecule has 32 heavy (non-hydrogen) atoms. The van der Waals surface area contributed by atoms with Crippen LogP contribution in [0.2, 0.25) is 0 Å². The molecule has 3 aromatic rings. The number of carbonyl (C=O) groups excluding carboxylic acids is 1. The summed E-state index contributed by atoms with van der Waals surface area (Å²) < 4.78 is 37.9. The Kier molecular flexibility index (Phi) is 4.87. The van der Waals surface area contributed by atoms with Crippen LogP contribution < -0.4 is 10.0 Å². The Morgan fingerprint density at radius 3 is 2.56 bits per heavy atom. The Balaban J connectivity index is 1.44. The van der Waals surface area contributed by atoms with Crippen molar-refractivity contribution in [3.8, 4) is 11.3 Å². The van der Waals surface area contributed by atoms with Crippen LogP contribution in [0.1, 0.15) is 23.6 Å².